The van der Waals surface area contributed by atoms with Gasteiger partial charge in [-0.05, 0) is 37.5 Å². The van der Waals surface area contributed by atoms with Gasteiger partial charge in [-0.15, -0.1) is 0 Å². The first kappa shape index (κ1) is 15.3. The van der Waals surface area contributed by atoms with Crippen molar-refractivity contribution in [3.05, 3.63) is 29.3 Å². The number of halogens is 1. The Labute approximate surface area is 114 Å². The highest BCUT2D eigenvalue weighted by Gasteiger charge is 2.22. The summed E-state index contributed by atoms with van der Waals surface area (Å²) in [5, 5.41) is 10.8. The number of hydrogen-bond acceptors (Lipinski definition) is 3. The van der Waals surface area contributed by atoms with Crippen LogP contribution in [0, 0.1) is 5.92 Å². The van der Waals surface area contributed by atoms with Crippen molar-refractivity contribution in [2.45, 2.75) is 32.5 Å². The monoisotopic (exact) mass is 272 g/mol. The summed E-state index contributed by atoms with van der Waals surface area (Å²) in [6.45, 7) is 4.48. The van der Waals surface area contributed by atoms with Gasteiger partial charge in [-0.25, -0.2) is 0 Å². The van der Waals surface area contributed by atoms with Gasteiger partial charge in [0.15, 0.2) is 0 Å². The number of rotatable bonds is 7. The molecule has 0 aliphatic carbocycles. The molecule has 1 aromatic rings. The third-order valence-electron chi connectivity index (χ3n) is 2.96. The molecule has 0 fully saturated rings. The van der Waals surface area contributed by atoms with Gasteiger partial charge in [0.1, 0.15) is 11.9 Å². The summed E-state index contributed by atoms with van der Waals surface area (Å²) in [7, 11) is 1.66. The summed E-state index contributed by atoms with van der Waals surface area (Å²) in [5.41, 5.74) is 0. The SMILES string of the molecule is COCCC(C)C(O)C(C)Oc1cccc(Cl)c1. The van der Waals surface area contributed by atoms with Crippen molar-refractivity contribution in [2.75, 3.05) is 13.7 Å². The number of hydrogen-bond donors (Lipinski definition) is 1. The zero-order valence-corrected chi connectivity index (χ0v) is 11.9. The number of methoxy groups -OCH3 is 1. The lowest BCUT2D eigenvalue weighted by Crippen LogP contribution is -2.34. The van der Waals surface area contributed by atoms with Crippen LogP contribution in [0.25, 0.3) is 0 Å². The molecule has 0 heterocycles. The van der Waals surface area contributed by atoms with Crippen molar-refractivity contribution < 1.29 is 14.6 Å². The summed E-state index contributed by atoms with van der Waals surface area (Å²) in [6.07, 6.45) is -0.00423. The molecule has 4 heteroatoms. The maximum atomic E-state index is 10.1. The molecule has 0 saturated heterocycles. The molecule has 0 amide bonds. The van der Waals surface area contributed by atoms with E-state index in [4.69, 9.17) is 21.1 Å². The molecule has 0 spiro atoms. The van der Waals surface area contributed by atoms with Crippen LogP contribution in [-0.4, -0.2) is 31.0 Å². The van der Waals surface area contributed by atoms with E-state index in [2.05, 4.69) is 0 Å². The maximum Gasteiger partial charge on any atom is 0.122 e. The Hall–Kier alpha value is -0.770. The first-order chi connectivity index (χ1) is 8.54. The molecule has 3 unspecified atom stereocenters. The van der Waals surface area contributed by atoms with Gasteiger partial charge in [-0.2, -0.15) is 0 Å². The van der Waals surface area contributed by atoms with Crippen LogP contribution in [0.2, 0.25) is 5.02 Å². The van der Waals surface area contributed by atoms with E-state index in [0.29, 0.717) is 17.4 Å². The quantitative estimate of drug-likeness (QED) is 0.829. The Morgan fingerprint density at radius 1 is 1.33 bits per heavy atom. The van der Waals surface area contributed by atoms with Gasteiger partial charge in [-0.3, -0.25) is 0 Å². The first-order valence-corrected chi connectivity index (χ1v) is 6.51. The average molecular weight is 273 g/mol. The highest BCUT2D eigenvalue weighted by Crippen LogP contribution is 2.21. The Morgan fingerprint density at radius 2 is 2.06 bits per heavy atom. The molecule has 0 aromatic heterocycles. The smallest absolute Gasteiger partial charge is 0.122 e. The lowest BCUT2D eigenvalue weighted by Gasteiger charge is -2.25. The minimum absolute atomic E-state index is 0.124. The largest absolute Gasteiger partial charge is 0.488 e. The van der Waals surface area contributed by atoms with Crippen molar-refractivity contribution >= 4 is 11.6 Å². The van der Waals surface area contributed by atoms with Gasteiger partial charge >= 0.3 is 0 Å². The van der Waals surface area contributed by atoms with Gasteiger partial charge in [0.05, 0.1) is 6.10 Å². The molecule has 0 aliphatic heterocycles. The molecule has 18 heavy (non-hydrogen) atoms. The molecule has 1 N–H and O–H groups in total. The van der Waals surface area contributed by atoms with Crippen molar-refractivity contribution in [2.24, 2.45) is 5.92 Å². The normalized spacial score (nSPS) is 16.1. The van der Waals surface area contributed by atoms with E-state index in [9.17, 15) is 5.11 Å². The van der Waals surface area contributed by atoms with Crippen LogP contribution in [0.4, 0.5) is 0 Å². The molecular formula is C14H21ClO3. The van der Waals surface area contributed by atoms with E-state index in [1.807, 2.05) is 26.0 Å². The fraction of sp³-hybridized carbons (Fsp3) is 0.571. The number of ether oxygens (including phenoxy) is 2. The molecule has 0 saturated carbocycles. The van der Waals surface area contributed by atoms with E-state index in [1.54, 1.807) is 19.2 Å². The number of benzene rings is 1. The highest BCUT2D eigenvalue weighted by molar-refractivity contribution is 6.30. The van der Waals surface area contributed by atoms with Crippen LogP contribution in [0.3, 0.4) is 0 Å². The molecule has 1 rings (SSSR count). The molecule has 3 nitrogen and oxygen atoms in total. The molecule has 0 aliphatic rings. The Balaban J connectivity index is 2.51. The number of aliphatic hydroxyl groups is 1. The van der Waals surface area contributed by atoms with E-state index in [-0.39, 0.29) is 12.0 Å². The Bertz CT molecular complexity index is 357. The summed E-state index contributed by atoms with van der Waals surface area (Å²) in [6, 6.07) is 7.18. The topological polar surface area (TPSA) is 38.7 Å². The van der Waals surface area contributed by atoms with Crippen molar-refractivity contribution in [1.29, 1.82) is 0 Å². The first-order valence-electron chi connectivity index (χ1n) is 6.13. The van der Waals surface area contributed by atoms with Crippen molar-refractivity contribution in [3.63, 3.8) is 0 Å². The van der Waals surface area contributed by atoms with Crippen LogP contribution in [0.15, 0.2) is 24.3 Å². The third-order valence-corrected chi connectivity index (χ3v) is 3.19. The second kappa shape index (κ2) is 7.62. The summed E-state index contributed by atoms with van der Waals surface area (Å²) < 4.78 is 10.7. The van der Waals surface area contributed by atoms with E-state index < -0.39 is 6.10 Å². The maximum absolute atomic E-state index is 10.1. The molecule has 0 radical (unpaired) electrons. The van der Waals surface area contributed by atoms with Crippen molar-refractivity contribution in [1.82, 2.24) is 0 Å². The molecule has 3 atom stereocenters. The predicted molar refractivity (Wildman–Crippen MR) is 73.2 cm³/mol. The summed E-state index contributed by atoms with van der Waals surface area (Å²) >= 11 is 5.88. The third kappa shape index (κ3) is 4.84. The molecular weight excluding hydrogens is 252 g/mol. The Morgan fingerprint density at radius 3 is 2.67 bits per heavy atom. The zero-order chi connectivity index (χ0) is 13.5. The van der Waals surface area contributed by atoms with Crippen LogP contribution < -0.4 is 4.74 Å². The average Bonchev–Trinajstić information content (AvgIpc) is 2.35. The highest BCUT2D eigenvalue weighted by atomic mass is 35.5. The number of aliphatic hydroxyl groups excluding tert-OH is 1. The van der Waals surface area contributed by atoms with Gasteiger partial charge in [0, 0.05) is 18.7 Å². The van der Waals surface area contributed by atoms with Gasteiger partial charge < -0.3 is 14.6 Å². The lowest BCUT2D eigenvalue weighted by atomic mass is 9.97. The van der Waals surface area contributed by atoms with E-state index in [1.165, 1.54) is 0 Å². The summed E-state index contributed by atoms with van der Waals surface area (Å²) in [4.78, 5) is 0. The van der Waals surface area contributed by atoms with Crippen LogP contribution in [0.5, 0.6) is 5.75 Å². The van der Waals surface area contributed by atoms with Gasteiger partial charge in [0.25, 0.3) is 0 Å². The van der Waals surface area contributed by atoms with E-state index in [0.717, 1.165) is 6.42 Å². The van der Waals surface area contributed by atoms with Crippen LogP contribution in [0.1, 0.15) is 20.3 Å². The minimum atomic E-state index is -0.529. The second-order valence-corrected chi connectivity index (χ2v) is 4.97. The predicted octanol–water partition coefficient (Wildman–Crippen LogP) is 3.14. The lowest BCUT2D eigenvalue weighted by molar-refractivity contribution is 0.00253. The van der Waals surface area contributed by atoms with E-state index >= 15 is 0 Å². The minimum Gasteiger partial charge on any atom is -0.488 e. The van der Waals surface area contributed by atoms with Gasteiger partial charge in [0.2, 0.25) is 0 Å². The molecule has 102 valence electrons. The van der Waals surface area contributed by atoms with Crippen LogP contribution >= 0.6 is 11.6 Å². The van der Waals surface area contributed by atoms with Crippen molar-refractivity contribution in [3.8, 4) is 5.75 Å². The molecule has 1 aromatic carbocycles. The Kier molecular flexibility index (Phi) is 6.47. The van der Waals surface area contributed by atoms with Gasteiger partial charge in [-0.1, -0.05) is 24.6 Å². The zero-order valence-electron chi connectivity index (χ0n) is 11.1. The summed E-state index contributed by atoms with van der Waals surface area (Å²) in [5.74, 6) is 0.798. The fourth-order valence-electron chi connectivity index (χ4n) is 1.76. The standard InChI is InChI=1S/C14H21ClO3/c1-10(7-8-17-3)14(16)11(2)18-13-6-4-5-12(15)9-13/h4-6,9-11,14,16H,7-8H2,1-3H3. The second-order valence-electron chi connectivity index (χ2n) is 4.53. The fourth-order valence-corrected chi connectivity index (χ4v) is 1.94. The molecule has 0 bridgehead atoms. The van der Waals surface area contributed by atoms with Crippen LogP contribution in [-0.2, 0) is 4.74 Å².